The van der Waals surface area contributed by atoms with Crippen molar-refractivity contribution in [2.24, 2.45) is 0 Å². The van der Waals surface area contributed by atoms with Gasteiger partial charge in [0, 0.05) is 23.7 Å². The predicted molar refractivity (Wildman–Crippen MR) is 100 cm³/mol. The molecule has 4 rings (SSSR count). The van der Waals surface area contributed by atoms with Crippen LogP contribution in [0.2, 0.25) is 0 Å². The molecule has 0 fully saturated rings. The molecule has 0 spiro atoms. The Balaban J connectivity index is 1.84. The largest absolute Gasteiger partial charge is 0.345 e. The Bertz CT molecular complexity index is 1110. The number of aromatic amines is 2. The molecule has 4 aromatic rings. The van der Waals surface area contributed by atoms with Gasteiger partial charge >= 0.3 is 0 Å². The molecule has 3 aromatic heterocycles. The van der Waals surface area contributed by atoms with Crippen LogP contribution < -0.4 is 0 Å². The van der Waals surface area contributed by atoms with Crippen molar-refractivity contribution in [1.29, 1.82) is 0 Å². The van der Waals surface area contributed by atoms with Gasteiger partial charge in [-0.1, -0.05) is 24.8 Å². The lowest BCUT2D eigenvalue weighted by Crippen LogP contribution is -2.03. The van der Waals surface area contributed by atoms with Gasteiger partial charge in [0.15, 0.2) is 5.78 Å². The molecular formula is C20H17N5O. The van der Waals surface area contributed by atoms with Crippen molar-refractivity contribution in [3.8, 4) is 22.5 Å². The summed E-state index contributed by atoms with van der Waals surface area (Å²) in [5.41, 5.74) is 5.84. The highest BCUT2D eigenvalue weighted by Gasteiger charge is 2.15. The first kappa shape index (κ1) is 16.0. The summed E-state index contributed by atoms with van der Waals surface area (Å²) in [7, 11) is 0. The van der Waals surface area contributed by atoms with E-state index >= 15 is 0 Å². The van der Waals surface area contributed by atoms with Crippen LogP contribution >= 0.6 is 0 Å². The zero-order chi connectivity index (χ0) is 18.1. The topological polar surface area (TPSA) is 87.3 Å². The average Bonchev–Trinajstić information content (AvgIpc) is 3.30. The van der Waals surface area contributed by atoms with E-state index in [0.717, 1.165) is 39.1 Å². The molecule has 0 bridgehead atoms. The van der Waals surface area contributed by atoms with Crippen LogP contribution in [0.15, 0.2) is 61.5 Å². The first-order chi connectivity index (χ1) is 12.6. The number of nitrogens with zero attached hydrogens (tertiary/aromatic N) is 3. The van der Waals surface area contributed by atoms with E-state index in [1.54, 1.807) is 19.4 Å². The Morgan fingerprint density at radius 1 is 1.23 bits per heavy atom. The molecule has 0 aliphatic carbocycles. The third-order valence-corrected chi connectivity index (χ3v) is 4.30. The maximum Gasteiger partial charge on any atom is 0.162 e. The van der Waals surface area contributed by atoms with E-state index in [1.807, 2.05) is 30.5 Å². The van der Waals surface area contributed by atoms with Gasteiger partial charge in [0.05, 0.1) is 29.3 Å². The average molecular weight is 343 g/mol. The molecule has 0 radical (unpaired) electrons. The normalized spacial score (nSPS) is 11.0. The highest BCUT2D eigenvalue weighted by Crippen LogP contribution is 2.33. The molecule has 0 unspecified atom stereocenters. The van der Waals surface area contributed by atoms with Gasteiger partial charge < -0.3 is 9.97 Å². The van der Waals surface area contributed by atoms with Crippen LogP contribution in [0, 0.1) is 0 Å². The molecule has 0 aliphatic rings. The predicted octanol–water partition coefficient (Wildman–Crippen LogP) is 3.70. The fourth-order valence-corrected chi connectivity index (χ4v) is 2.96. The van der Waals surface area contributed by atoms with E-state index in [-0.39, 0.29) is 5.78 Å². The van der Waals surface area contributed by atoms with Crippen LogP contribution in [0.5, 0.6) is 0 Å². The molecular weight excluding hydrogens is 326 g/mol. The first-order valence-corrected chi connectivity index (χ1v) is 8.22. The van der Waals surface area contributed by atoms with Crippen molar-refractivity contribution in [2.75, 3.05) is 0 Å². The van der Waals surface area contributed by atoms with Gasteiger partial charge in [-0.2, -0.15) is 0 Å². The van der Waals surface area contributed by atoms with Crippen molar-refractivity contribution < 1.29 is 4.79 Å². The number of imidazole rings is 1. The van der Waals surface area contributed by atoms with Crippen molar-refractivity contribution in [2.45, 2.75) is 13.3 Å². The summed E-state index contributed by atoms with van der Waals surface area (Å²) in [6.07, 6.45) is 7.17. The van der Waals surface area contributed by atoms with Crippen LogP contribution in [0.4, 0.5) is 0 Å². The number of nitrogens with one attached hydrogen (secondary N) is 2. The van der Waals surface area contributed by atoms with Crippen LogP contribution in [0.1, 0.15) is 12.5 Å². The highest BCUT2D eigenvalue weighted by atomic mass is 16.1. The Labute approximate surface area is 150 Å². The minimum Gasteiger partial charge on any atom is -0.345 e. The van der Waals surface area contributed by atoms with Gasteiger partial charge in [0.25, 0.3) is 0 Å². The monoisotopic (exact) mass is 343 g/mol. The summed E-state index contributed by atoms with van der Waals surface area (Å²) >= 11 is 0. The minimum absolute atomic E-state index is 0.0368. The van der Waals surface area contributed by atoms with Crippen molar-refractivity contribution in [1.82, 2.24) is 24.9 Å². The maximum absolute atomic E-state index is 12.0. The Morgan fingerprint density at radius 2 is 2.12 bits per heavy atom. The van der Waals surface area contributed by atoms with E-state index in [9.17, 15) is 4.79 Å². The zero-order valence-corrected chi connectivity index (χ0v) is 14.3. The lowest BCUT2D eigenvalue weighted by molar-refractivity contribution is -0.114. The fraction of sp³-hybridized carbons (Fsp3) is 0.100. The van der Waals surface area contributed by atoms with Crippen LogP contribution in [-0.2, 0) is 11.2 Å². The van der Waals surface area contributed by atoms with Crippen molar-refractivity contribution in [3.05, 3.63) is 67.0 Å². The second kappa shape index (κ2) is 6.40. The van der Waals surface area contributed by atoms with Crippen molar-refractivity contribution in [3.63, 3.8) is 0 Å². The fourth-order valence-electron chi connectivity index (χ4n) is 2.96. The zero-order valence-electron chi connectivity index (χ0n) is 14.3. The number of hydrogen-bond donors (Lipinski definition) is 2. The number of hydrogen-bond acceptors (Lipinski definition) is 4. The smallest absolute Gasteiger partial charge is 0.162 e. The first-order valence-electron chi connectivity index (χ1n) is 8.22. The SMILES string of the molecule is C=C(C)C(=O)Cc1cccc(-c2ncnc3[nH]cc(-c4cnc[nH]4)c23)c1. The van der Waals surface area contributed by atoms with E-state index < -0.39 is 0 Å². The maximum atomic E-state index is 12.0. The second-order valence-corrected chi connectivity index (χ2v) is 6.19. The van der Waals surface area contributed by atoms with Crippen LogP contribution in [0.25, 0.3) is 33.5 Å². The number of ketones is 1. The summed E-state index contributed by atoms with van der Waals surface area (Å²) in [5, 5.41) is 0.917. The quantitative estimate of drug-likeness (QED) is 0.541. The van der Waals surface area contributed by atoms with Crippen LogP contribution in [-0.4, -0.2) is 30.7 Å². The minimum atomic E-state index is 0.0368. The summed E-state index contributed by atoms with van der Waals surface area (Å²) in [4.78, 5) is 31.2. The number of carbonyl (C=O) groups excluding carboxylic acids is 1. The van der Waals surface area contributed by atoms with Gasteiger partial charge in [-0.15, -0.1) is 0 Å². The third-order valence-electron chi connectivity index (χ3n) is 4.30. The molecule has 3 heterocycles. The number of allylic oxidation sites excluding steroid dienone is 1. The second-order valence-electron chi connectivity index (χ2n) is 6.19. The standard InChI is InChI=1S/C20H17N5O/c1-12(2)17(26)7-13-4-3-5-14(6-13)19-18-15(16-9-21-10-23-16)8-22-20(18)25-11-24-19/h3-6,8-11H,1,7H2,2H3,(H,21,23)(H,22,24,25). The summed E-state index contributed by atoms with van der Waals surface area (Å²) in [5.74, 6) is 0.0368. The Morgan fingerprint density at radius 3 is 2.88 bits per heavy atom. The molecule has 0 amide bonds. The summed E-state index contributed by atoms with van der Waals surface area (Å²) < 4.78 is 0. The summed E-state index contributed by atoms with van der Waals surface area (Å²) in [6.45, 7) is 5.45. The van der Waals surface area contributed by atoms with E-state index in [1.165, 1.54) is 6.33 Å². The lowest BCUT2D eigenvalue weighted by atomic mass is 9.99. The third kappa shape index (κ3) is 2.82. The van der Waals surface area contributed by atoms with Crippen LogP contribution in [0.3, 0.4) is 0 Å². The molecule has 1 aromatic carbocycles. The number of H-pyrrole nitrogens is 2. The number of benzene rings is 1. The van der Waals surface area contributed by atoms with Gasteiger partial charge in [0.2, 0.25) is 0 Å². The number of aromatic nitrogens is 5. The van der Waals surface area contributed by atoms with Gasteiger partial charge in [-0.05, 0) is 24.1 Å². The summed E-state index contributed by atoms with van der Waals surface area (Å²) in [6, 6.07) is 7.86. The number of Topliss-reactive ketones (excluding diaryl/α,β-unsaturated/α-hetero) is 1. The molecule has 0 aliphatic heterocycles. The van der Waals surface area contributed by atoms with E-state index in [4.69, 9.17) is 0 Å². The molecule has 6 nitrogen and oxygen atoms in total. The van der Waals surface area contributed by atoms with E-state index in [0.29, 0.717) is 12.0 Å². The molecule has 0 saturated heterocycles. The molecule has 128 valence electrons. The van der Waals surface area contributed by atoms with Crippen molar-refractivity contribution >= 4 is 16.8 Å². The lowest BCUT2D eigenvalue weighted by Gasteiger charge is -2.07. The van der Waals surface area contributed by atoms with E-state index in [2.05, 4.69) is 31.5 Å². The number of rotatable bonds is 5. The molecule has 26 heavy (non-hydrogen) atoms. The molecule has 2 N–H and O–H groups in total. The molecule has 6 heteroatoms. The highest BCUT2D eigenvalue weighted by molar-refractivity contribution is 6.02. The van der Waals surface area contributed by atoms with Gasteiger partial charge in [-0.3, -0.25) is 4.79 Å². The van der Waals surface area contributed by atoms with Gasteiger partial charge in [-0.25, -0.2) is 15.0 Å². The Hall–Kier alpha value is -3.54. The number of fused-ring (bicyclic) bond motifs is 1. The molecule has 0 saturated carbocycles. The number of carbonyl (C=O) groups is 1. The van der Waals surface area contributed by atoms with Gasteiger partial charge in [0.1, 0.15) is 12.0 Å². The molecule has 0 atom stereocenters. The Kier molecular flexibility index (Phi) is 3.93.